The van der Waals surface area contributed by atoms with Crippen LogP contribution in [0.1, 0.15) is 48.0 Å². The molecule has 0 aromatic carbocycles. The number of aryl methyl sites for hydroxylation is 1. The number of piperazine rings is 1. The predicted octanol–water partition coefficient (Wildman–Crippen LogP) is 1.91. The van der Waals surface area contributed by atoms with Crippen LogP contribution in [0.25, 0.3) is 0 Å². The summed E-state index contributed by atoms with van der Waals surface area (Å²) in [5.74, 6) is 3.66. The molecule has 1 saturated heterocycles. The molecule has 0 radical (unpaired) electrons. The van der Waals surface area contributed by atoms with Gasteiger partial charge in [-0.2, -0.15) is 16.9 Å². The van der Waals surface area contributed by atoms with E-state index in [1.54, 1.807) is 10.7 Å². The molecule has 0 atom stereocenters. The summed E-state index contributed by atoms with van der Waals surface area (Å²) in [6, 6.07) is 3.85. The SMILES string of the molecule is O=c1cc2c(nn1CCN1CCN(Cc3ccnc(C4CCC4)n3)CC1)CCSC2. The molecule has 160 valence electrons. The molecule has 1 saturated carbocycles. The van der Waals surface area contributed by atoms with Gasteiger partial charge in [-0.05, 0) is 30.2 Å². The molecule has 30 heavy (non-hydrogen) atoms. The standard InChI is InChI=1S/C22H30N6OS/c29-21-14-18-16-30-13-5-20(18)25-28(21)12-11-26-7-9-27(10-8-26)15-19-4-6-23-22(24-19)17-2-1-3-17/h4,6,14,17H,1-3,5,7-13,15-16H2. The number of hydrogen-bond acceptors (Lipinski definition) is 7. The number of hydrogen-bond donors (Lipinski definition) is 0. The first-order chi connectivity index (χ1) is 14.7. The van der Waals surface area contributed by atoms with Crippen LogP contribution in [-0.4, -0.2) is 68.0 Å². The lowest BCUT2D eigenvalue weighted by Gasteiger charge is -2.34. The highest BCUT2D eigenvalue weighted by atomic mass is 32.2. The van der Waals surface area contributed by atoms with Crippen LogP contribution < -0.4 is 5.56 Å². The Bertz CT molecular complexity index is 935. The molecule has 7 nitrogen and oxygen atoms in total. The summed E-state index contributed by atoms with van der Waals surface area (Å²) in [7, 11) is 0. The van der Waals surface area contributed by atoms with E-state index >= 15 is 0 Å². The van der Waals surface area contributed by atoms with Crippen LogP contribution >= 0.6 is 11.8 Å². The Hall–Kier alpha value is -1.77. The molecular weight excluding hydrogens is 396 g/mol. The van der Waals surface area contributed by atoms with Gasteiger partial charge in [0.1, 0.15) is 5.82 Å². The lowest BCUT2D eigenvalue weighted by Crippen LogP contribution is -2.47. The zero-order valence-corrected chi connectivity index (χ0v) is 18.3. The van der Waals surface area contributed by atoms with E-state index in [-0.39, 0.29) is 5.56 Å². The van der Waals surface area contributed by atoms with Crippen LogP contribution in [0.3, 0.4) is 0 Å². The first-order valence-corrected chi connectivity index (χ1v) is 12.3. The highest BCUT2D eigenvalue weighted by molar-refractivity contribution is 7.98. The fourth-order valence-corrected chi connectivity index (χ4v) is 5.37. The minimum atomic E-state index is 0.0425. The molecule has 0 bridgehead atoms. The lowest BCUT2D eigenvalue weighted by molar-refractivity contribution is 0.121. The van der Waals surface area contributed by atoms with Gasteiger partial charge in [0.15, 0.2) is 0 Å². The van der Waals surface area contributed by atoms with Gasteiger partial charge in [0.25, 0.3) is 5.56 Å². The summed E-state index contributed by atoms with van der Waals surface area (Å²) in [4.78, 5) is 26.6. The molecule has 2 aromatic heterocycles. The van der Waals surface area contributed by atoms with Crippen LogP contribution in [-0.2, 0) is 25.3 Å². The van der Waals surface area contributed by atoms with Gasteiger partial charge in [-0.1, -0.05) is 6.42 Å². The number of thioether (sulfide) groups is 1. The third kappa shape index (κ3) is 4.60. The van der Waals surface area contributed by atoms with Crippen molar-refractivity contribution in [3.8, 4) is 0 Å². The summed E-state index contributed by atoms with van der Waals surface area (Å²) >= 11 is 1.89. The van der Waals surface area contributed by atoms with E-state index in [4.69, 9.17) is 4.98 Å². The maximum absolute atomic E-state index is 12.4. The zero-order valence-electron chi connectivity index (χ0n) is 17.5. The van der Waals surface area contributed by atoms with E-state index in [9.17, 15) is 4.79 Å². The predicted molar refractivity (Wildman–Crippen MR) is 119 cm³/mol. The molecule has 2 fully saturated rings. The quantitative estimate of drug-likeness (QED) is 0.699. The highest BCUT2D eigenvalue weighted by Gasteiger charge is 2.23. The van der Waals surface area contributed by atoms with Gasteiger partial charge < -0.3 is 0 Å². The van der Waals surface area contributed by atoms with Crippen LogP contribution in [0.4, 0.5) is 0 Å². The Kier molecular flexibility index (Phi) is 6.15. The van der Waals surface area contributed by atoms with E-state index in [1.807, 2.05) is 18.0 Å². The molecule has 4 heterocycles. The van der Waals surface area contributed by atoms with Gasteiger partial charge >= 0.3 is 0 Å². The second kappa shape index (κ2) is 9.16. The van der Waals surface area contributed by atoms with Crippen molar-refractivity contribution in [1.29, 1.82) is 0 Å². The van der Waals surface area contributed by atoms with Gasteiger partial charge in [0.2, 0.25) is 0 Å². The first-order valence-electron chi connectivity index (χ1n) is 11.2. The second-order valence-corrected chi connectivity index (χ2v) is 9.74. The average Bonchev–Trinajstić information content (AvgIpc) is 2.72. The van der Waals surface area contributed by atoms with Crippen molar-refractivity contribution in [3.05, 3.63) is 51.5 Å². The smallest absolute Gasteiger partial charge is 0.267 e. The molecule has 3 aliphatic rings. The number of aromatic nitrogens is 4. The molecule has 0 unspecified atom stereocenters. The molecule has 0 N–H and O–H groups in total. The average molecular weight is 427 g/mol. The summed E-state index contributed by atoms with van der Waals surface area (Å²) < 4.78 is 1.67. The Labute approximate surface area is 181 Å². The molecule has 2 aromatic rings. The largest absolute Gasteiger partial charge is 0.299 e. The van der Waals surface area contributed by atoms with Gasteiger partial charge in [0, 0.05) is 69.6 Å². The monoisotopic (exact) mass is 426 g/mol. The molecule has 0 amide bonds. The second-order valence-electron chi connectivity index (χ2n) is 8.63. The molecule has 8 heteroatoms. The minimum absolute atomic E-state index is 0.0425. The maximum Gasteiger partial charge on any atom is 0.267 e. The Morgan fingerprint density at radius 3 is 2.73 bits per heavy atom. The summed E-state index contributed by atoms with van der Waals surface area (Å²) in [5, 5.41) is 4.64. The third-order valence-corrected chi connectivity index (χ3v) is 7.59. The van der Waals surface area contributed by atoms with E-state index in [0.717, 1.165) is 80.0 Å². The molecule has 0 spiro atoms. The highest BCUT2D eigenvalue weighted by Crippen LogP contribution is 2.34. The van der Waals surface area contributed by atoms with Gasteiger partial charge in [-0.15, -0.1) is 0 Å². The van der Waals surface area contributed by atoms with E-state index < -0.39 is 0 Å². The van der Waals surface area contributed by atoms with Crippen molar-refractivity contribution in [2.24, 2.45) is 0 Å². The molecule has 5 rings (SSSR count). The summed E-state index contributed by atoms with van der Waals surface area (Å²) in [5.41, 5.74) is 3.43. The third-order valence-electron chi connectivity index (χ3n) is 6.59. The van der Waals surface area contributed by atoms with Crippen molar-refractivity contribution in [2.75, 3.05) is 38.5 Å². The Morgan fingerprint density at radius 1 is 1.10 bits per heavy atom. The van der Waals surface area contributed by atoms with Crippen molar-refractivity contribution in [3.63, 3.8) is 0 Å². The number of rotatable bonds is 6. The summed E-state index contributed by atoms with van der Waals surface area (Å²) in [6.07, 6.45) is 6.69. The van der Waals surface area contributed by atoms with Crippen molar-refractivity contribution < 1.29 is 0 Å². The van der Waals surface area contributed by atoms with Crippen LogP contribution in [0.2, 0.25) is 0 Å². The van der Waals surface area contributed by atoms with Crippen LogP contribution in [0.5, 0.6) is 0 Å². The first kappa shape index (κ1) is 20.2. The molecule has 1 aliphatic carbocycles. The van der Waals surface area contributed by atoms with Gasteiger partial charge in [-0.3, -0.25) is 14.6 Å². The Morgan fingerprint density at radius 2 is 1.93 bits per heavy atom. The Balaban J connectivity index is 1.11. The molecule has 2 aliphatic heterocycles. The maximum atomic E-state index is 12.4. The van der Waals surface area contributed by atoms with Crippen molar-refractivity contribution in [2.45, 2.75) is 50.4 Å². The van der Waals surface area contributed by atoms with Gasteiger partial charge in [0.05, 0.1) is 17.9 Å². The van der Waals surface area contributed by atoms with E-state index in [1.165, 1.54) is 19.3 Å². The van der Waals surface area contributed by atoms with Crippen molar-refractivity contribution in [1.82, 2.24) is 29.5 Å². The van der Waals surface area contributed by atoms with E-state index in [0.29, 0.717) is 12.5 Å². The molecular formula is C22H30N6OS. The van der Waals surface area contributed by atoms with Crippen molar-refractivity contribution >= 4 is 11.8 Å². The topological polar surface area (TPSA) is 67.2 Å². The van der Waals surface area contributed by atoms with Crippen LogP contribution in [0, 0.1) is 0 Å². The zero-order chi connectivity index (χ0) is 20.3. The van der Waals surface area contributed by atoms with E-state index in [2.05, 4.69) is 25.9 Å². The van der Waals surface area contributed by atoms with Crippen LogP contribution in [0.15, 0.2) is 23.1 Å². The fourth-order valence-electron chi connectivity index (χ4n) is 4.41. The van der Waals surface area contributed by atoms with Gasteiger partial charge in [-0.25, -0.2) is 14.6 Å². The lowest BCUT2D eigenvalue weighted by atomic mass is 9.85. The normalized spacial score (nSPS) is 20.7. The minimum Gasteiger partial charge on any atom is -0.299 e. The number of nitrogens with zero attached hydrogens (tertiary/aromatic N) is 6. The summed E-state index contributed by atoms with van der Waals surface area (Å²) in [6.45, 7) is 6.58. The number of fused-ring (bicyclic) bond motifs is 1. The fraction of sp³-hybridized carbons (Fsp3) is 0.636.